The maximum absolute atomic E-state index is 13.0. The van der Waals surface area contributed by atoms with Crippen molar-refractivity contribution < 1.29 is 9.21 Å². The SMILES string of the molecule is Cc1ccc(C2=C[C@@H](c3ccco3)N(C(=O)CSc3nc(N)cc(N)n3)N2)cc1. The Labute approximate surface area is 172 Å². The third-order valence-electron chi connectivity index (χ3n) is 4.38. The number of aromatic nitrogens is 2. The number of nitrogens with one attached hydrogen (secondary N) is 1. The number of anilines is 2. The molecule has 1 aliphatic heterocycles. The fourth-order valence-corrected chi connectivity index (χ4v) is 3.70. The maximum Gasteiger partial charge on any atom is 0.252 e. The zero-order valence-electron chi connectivity index (χ0n) is 15.7. The van der Waals surface area contributed by atoms with Crippen molar-refractivity contribution in [3.8, 4) is 0 Å². The Kier molecular flexibility index (Phi) is 5.13. The van der Waals surface area contributed by atoms with Gasteiger partial charge in [-0.05, 0) is 30.7 Å². The standard InChI is InChI=1S/C20H20N6O2S/c1-12-4-6-13(7-5-12)14-9-15(16-3-2-8-28-16)26(25-14)19(27)11-29-20-23-17(21)10-18(22)24-20/h2-10,15,25H,11H2,1H3,(H4,21,22,23,24)/t15-/m0/s1. The molecule has 0 saturated carbocycles. The number of amides is 1. The second-order valence-electron chi connectivity index (χ2n) is 6.57. The average molecular weight is 408 g/mol. The number of carbonyl (C=O) groups is 1. The van der Waals surface area contributed by atoms with E-state index in [9.17, 15) is 4.79 Å². The van der Waals surface area contributed by atoms with Crippen LogP contribution in [0.1, 0.15) is 22.9 Å². The van der Waals surface area contributed by atoms with Crippen LogP contribution in [0.5, 0.6) is 0 Å². The lowest BCUT2D eigenvalue weighted by Crippen LogP contribution is -2.40. The van der Waals surface area contributed by atoms with Gasteiger partial charge < -0.3 is 15.9 Å². The zero-order chi connectivity index (χ0) is 20.4. The van der Waals surface area contributed by atoms with Crippen LogP contribution < -0.4 is 16.9 Å². The molecule has 0 fully saturated rings. The summed E-state index contributed by atoms with van der Waals surface area (Å²) in [6, 6.07) is 12.8. The number of hydrogen-bond donors (Lipinski definition) is 3. The number of hydrogen-bond acceptors (Lipinski definition) is 8. The van der Waals surface area contributed by atoms with Crippen LogP contribution in [0, 0.1) is 6.92 Å². The fraction of sp³-hybridized carbons (Fsp3) is 0.150. The molecule has 3 aromatic rings. The van der Waals surface area contributed by atoms with Crippen LogP contribution in [0.15, 0.2) is 64.4 Å². The van der Waals surface area contributed by atoms with Gasteiger partial charge in [0.2, 0.25) is 0 Å². The monoisotopic (exact) mass is 408 g/mol. The number of carbonyl (C=O) groups excluding carboxylic acids is 1. The van der Waals surface area contributed by atoms with E-state index in [2.05, 4.69) is 15.4 Å². The molecule has 3 heterocycles. The smallest absolute Gasteiger partial charge is 0.252 e. The summed E-state index contributed by atoms with van der Waals surface area (Å²) in [5.41, 5.74) is 17.6. The van der Waals surface area contributed by atoms with Gasteiger partial charge in [-0.1, -0.05) is 41.6 Å². The van der Waals surface area contributed by atoms with Crippen molar-refractivity contribution in [1.82, 2.24) is 20.4 Å². The van der Waals surface area contributed by atoms with Crippen LogP contribution in [0.4, 0.5) is 11.6 Å². The quantitative estimate of drug-likeness (QED) is 0.435. The summed E-state index contributed by atoms with van der Waals surface area (Å²) in [4.78, 5) is 21.2. The first-order valence-corrected chi connectivity index (χ1v) is 9.92. The van der Waals surface area contributed by atoms with Gasteiger partial charge in [-0.3, -0.25) is 10.2 Å². The summed E-state index contributed by atoms with van der Waals surface area (Å²) in [6.07, 6.45) is 3.56. The van der Waals surface area contributed by atoms with E-state index >= 15 is 0 Å². The summed E-state index contributed by atoms with van der Waals surface area (Å²) in [6.45, 7) is 2.03. The minimum Gasteiger partial charge on any atom is -0.467 e. The molecular formula is C20H20N6O2S. The number of benzene rings is 1. The Morgan fingerprint density at radius 1 is 1.21 bits per heavy atom. The second kappa shape index (κ2) is 7.88. The molecule has 1 atom stereocenters. The van der Waals surface area contributed by atoms with Crippen molar-refractivity contribution in [3.05, 3.63) is 71.7 Å². The predicted molar refractivity (Wildman–Crippen MR) is 112 cm³/mol. The molecule has 1 amide bonds. The van der Waals surface area contributed by atoms with E-state index in [1.807, 2.05) is 43.3 Å². The predicted octanol–water partition coefficient (Wildman–Crippen LogP) is 2.76. The number of thioether (sulfide) groups is 1. The van der Waals surface area contributed by atoms with Crippen molar-refractivity contribution in [1.29, 1.82) is 0 Å². The van der Waals surface area contributed by atoms with E-state index in [1.165, 1.54) is 23.4 Å². The maximum atomic E-state index is 13.0. The number of furan rings is 1. The van der Waals surface area contributed by atoms with Crippen LogP contribution in [-0.2, 0) is 4.79 Å². The van der Waals surface area contributed by atoms with Gasteiger partial charge in [0.25, 0.3) is 5.91 Å². The molecule has 0 radical (unpaired) electrons. The highest BCUT2D eigenvalue weighted by molar-refractivity contribution is 7.99. The van der Waals surface area contributed by atoms with E-state index in [0.717, 1.165) is 11.3 Å². The van der Waals surface area contributed by atoms with Crippen molar-refractivity contribution in [2.45, 2.75) is 18.1 Å². The van der Waals surface area contributed by atoms with Crippen molar-refractivity contribution in [2.75, 3.05) is 17.2 Å². The normalized spacial score (nSPS) is 15.8. The Bertz CT molecular complexity index is 1030. The Morgan fingerprint density at radius 3 is 2.59 bits per heavy atom. The van der Waals surface area contributed by atoms with E-state index in [0.29, 0.717) is 10.9 Å². The van der Waals surface area contributed by atoms with Gasteiger partial charge in [-0.25, -0.2) is 15.0 Å². The molecule has 5 N–H and O–H groups in total. The zero-order valence-corrected chi connectivity index (χ0v) is 16.5. The summed E-state index contributed by atoms with van der Waals surface area (Å²) in [5, 5.41) is 1.91. The lowest BCUT2D eigenvalue weighted by atomic mass is 10.1. The van der Waals surface area contributed by atoms with Gasteiger partial charge >= 0.3 is 0 Å². The van der Waals surface area contributed by atoms with E-state index < -0.39 is 0 Å². The van der Waals surface area contributed by atoms with Crippen molar-refractivity contribution in [3.63, 3.8) is 0 Å². The van der Waals surface area contributed by atoms with E-state index in [-0.39, 0.29) is 29.3 Å². The van der Waals surface area contributed by atoms with Gasteiger partial charge in [0.05, 0.1) is 17.7 Å². The molecule has 8 nitrogen and oxygen atoms in total. The molecule has 0 bridgehead atoms. The molecule has 0 saturated heterocycles. The highest BCUT2D eigenvalue weighted by Gasteiger charge is 2.32. The van der Waals surface area contributed by atoms with Crippen molar-refractivity contribution in [2.24, 2.45) is 0 Å². The van der Waals surface area contributed by atoms with Gasteiger partial charge in [0.1, 0.15) is 23.4 Å². The van der Waals surface area contributed by atoms with Gasteiger partial charge in [0, 0.05) is 6.07 Å². The molecule has 2 aromatic heterocycles. The number of aryl methyl sites for hydroxylation is 1. The molecule has 0 spiro atoms. The second-order valence-corrected chi connectivity index (χ2v) is 7.51. The molecule has 9 heteroatoms. The molecule has 4 rings (SSSR count). The molecule has 1 aromatic carbocycles. The van der Waals surface area contributed by atoms with Gasteiger partial charge in [-0.15, -0.1) is 0 Å². The number of hydrazine groups is 1. The summed E-state index contributed by atoms with van der Waals surface area (Å²) >= 11 is 1.17. The number of nitrogens with zero attached hydrogens (tertiary/aromatic N) is 3. The molecule has 1 aliphatic rings. The first-order chi connectivity index (χ1) is 14.0. The first-order valence-electron chi connectivity index (χ1n) is 8.93. The average Bonchev–Trinajstić information content (AvgIpc) is 3.35. The van der Waals surface area contributed by atoms with Gasteiger partial charge in [0.15, 0.2) is 5.16 Å². The van der Waals surface area contributed by atoms with Crippen LogP contribution in [0.2, 0.25) is 0 Å². The minimum atomic E-state index is -0.360. The van der Waals surface area contributed by atoms with Crippen LogP contribution in [-0.4, -0.2) is 26.6 Å². The van der Waals surface area contributed by atoms with Gasteiger partial charge in [-0.2, -0.15) is 0 Å². The largest absolute Gasteiger partial charge is 0.467 e. The fourth-order valence-electron chi connectivity index (χ4n) is 2.97. The summed E-state index contributed by atoms with van der Waals surface area (Å²) < 4.78 is 5.55. The van der Waals surface area contributed by atoms with Crippen LogP contribution in [0.25, 0.3) is 5.70 Å². The van der Waals surface area contributed by atoms with E-state index in [1.54, 1.807) is 17.3 Å². The molecule has 0 aliphatic carbocycles. The highest BCUT2D eigenvalue weighted by atomic mass is 32.2. The number of nitrogen functional groups attached to an aromatic ring is 2. The van der Waals surface area contributed by atoms with E-state index in [4.69, 9.17) is 15.9 Å². The Morgan fingerprint density at radius 2 is 1.93 bits per heavy atom. The lowest BCUT2D eigenvalue weighted by Gasteiger charge is -2.23. The summed E-state index contributed by atoms with van der Waals surface area (Å²) in [7, 11) is 0. The van der Waals surface area contributed by atoms with Crippen LogP contribution in [0.3, 0.4) is 0 Å². The Balaban J connectivity index is 1.53. The molecule has 0 unspecified atom stereocenters. The number of nitrogens with two attached hydrogens (primary N) is 2. The highest BCUT2D eigenvalue weighted by Crippen LogP contribution is 2.32. The summed E-state index contributed by atoms with van der Waals surface area (Å²) in [5.74, 6) is 1.16. The van der Waals surface area contributed by atoms with Crippen molar-refractivity contribution >= 4 is 35.0 Å². The lowest BCUT2D eigenvalue weighted by molar-refractivity contribution is -0.131. The first kappa shape index (κ1) is 18.9. The third-order valence-corrected chi connectivity index (χ3v) is 5.21. The molecule has 148 valence electrons. The third kappa shape index (κ3) is 4.19. The topological polar surface area (TPSA) is 123 Å². The molecule has 29 heavy (non-hydrogen) atoms. The number of rotatable bonds is 5. The Hall–Kier alpha value is -3.46. The molecular weight excluding hydrogens is 388 g/mol. The van der Waals surface area contributed by atoms with Crippen LogP contribution >= 0.6 is 11.8 Å². The minimum absolute atomic E-state index is 0.113.